The monoisotopic (exact) mass is 300 g/mol. The Labute approximate surface area is 120 Å². The molecule has 2 unspecified atom stereocenters. The summed E-state index contributed by atoms with van der Waals surface area (Å²) in [6.07, 6.45) is -3.26. The molecule has 1 fully saturated rings. The average molecular weight is 300 g/mol. The molecule has 1 heterocycles. The molecule has 0 bridgehead atoms. The predicted octanol–water partition coefficient (Wildman–Crippen LogP) is 3.29. The molecule has 0 aromatic heterocycles. The third-order valence-electron chi connectivity index (χ3n) is 3.23. The van der Waals surface area contributed by atoms with E-state index in [1.54, 1.807) is 0 Å². The Kier molecular flexibility index (Phi) is 4.34. The molecule has 1 aliphatic rings. The smallest absolute Gasteiger partial charge is 0.372 e. The summed E-state index contributed by atoms with van der Waals surface area (Å²) in [4.78, 5) is 15.8. The van der Waals surface area contributed by atoms with Gasteiger partial charge >= 0.3 is 6.18 Å². The van der Waals surface area contributed by atoms with Crippen molar-refractivity contribution in [1.82, 2.24) is 0 Å². The molecule has 1 aromatic rings. The van der Waals surface area contributed by atoms with Gasteiger partial charge in [-0.3, -0.25) is 0 Å². The van der Waals surface area contributed by atoms with Gasteiger partial charge in [0.15, 0.2) is 0 Å². The Morgan fingerprint density at radius 3 is 2.43 bits per heavy atom. The van der Waals surface area contributed by atoms with Gasteiger partial charge in [0.25, 0.3) is 0 Å². The summed E-state index contributed by atoms with van der Waals surface area (Å²) >= 11 is 0. The SMILES string of the molecule is CC1CN(c2ccc(C(F)(F)F)cc2N=C=O)CC(C)O1. The van der Waals surface area contributed by atoms with Crippen LogP contribution in [0.2, 0.25) is 0 Å². The van der Waals surface area contributed by atoms with Gasteiger partial charge in [-0.05, 0) is 32.0 Å². The number of benzene rings is 1. The van der Waals surface area contributed by atoms with Crippen molar-refractivity contribution in [3.63, 3.8) is 0 Å². The summed E-state index contributed by atoms with van der Waals surface area (Å²) in [5, 5.41) is 0. The van der Waals surface area contributed by atoms with E-state index in [1.807, 2.05) is 18.7 Å². The standard InChI is InChI=1S/C14H15F3N2O2/c1-9-6-19(7-10(2)21-9)13-4-3-11(14(15,16)17)5-12(13)18-8-20/h3-5,9-10H,6-7H2,1-2H3. The van der Waals surface area contributed by atoms with E-state index < -0.39 is 11.7 Å². The van der Waals surface area contributed by atoms with E-state index in [-0.39, 0.29) is 17.9 Å². The lowest BCUT2D eigenvalue weighted by Gasteiger charge is -2.37. The van der Waals surface area contributed by atoms with Crippen LogP contribution in [0.3, 0.4) is 0 Å². The number of isocyanates is 1. The van der Waals surface area contributed by atoms with Gasteiger partial charge in [-0.2, -0.15) is 18.2 Å². The Balaban J connectivity index is 2.41. The minimum atomic E-state index is -4.47. The van der Waals surface area contributed by atoms with Gasteiger partial charge in [0.05, 0.1) is 23.5 Å². The Morgan fingerprint density at radius 1 is 1.29 bits per heavy atom. The van der Waals surface area contributed by atoms with Crippen molar-refractivity contribution in [2.45, 2.75) is 32.2 Å². The van der Waals surface area contributed by atoms with Crippen LogP contribution in [-0.2, 0) is 15.7 Å². The highest BCUT2D eigenvalue weighted by Crippen LogP contribution is 2.37. The van der Waals surface area contributed by atoms with Gasteiger partial charge in [0.2, 0.25) is 6.08 Å². The molecule has 7 heteroatoms. The van der Waals surface area contributed by atoms with Crippen molar-refractivity contribution >= 4 is 17.5 Å². The number of ether oxygens (including phenoxy) is 1. The van der Waals surface area contributed by atoms with Crippen LogP contribution >= 0.6 is 0 Å². The van der Waals surface area contributed by atoms with E-state index in [0.717, 1.165) is 12.1 Å². The number of aliphatic imine (C=N–C) groups is 1. The fraction of sp³-hybridized carbons (Fsp3) is 0.500. The summed E-state index contributed by atoms with van der Waals surface area (Å²) in [5.41, 5.74) is -0.385. The van der Waals surface area contributed by atoms with E-state index >= 15 is 0 Å². The maximum absolute atomic E-state index is 12.7. The Hall–Kier alpha value is -1.85. The minimum Gasteiger partial charge on any atom is -0.372 e. The van der Waals surface area contributed by atoms with Gasteiger partial charge in [0, 0.05) is 13.1 Å². The quantitative estimate of drug-likeness (QED) is 0.622. The Morgan fingerprint density at radius 2 is 1.90 bits per heavy atom. The highest BCUT2D eigenvalue weighted by Gasteiger charge is 2.32. The normalized spacial score (nSPS) is 22.8. The summed E-state index contributed by atoms with van der Waals surface area (Å²) in [5.74, 6) is 0. The zero-order chi connectivity index (χ0) is 15.6. The van der Waals surface area contributed by atoms with Crippen LogP contribution in [0, 0.1) is 0 Å². The summed E-state index contributed by atoms with van der Waals surface area (Å²) in [6, 6.07) is 3.19. The molecule has 2 rings (SSSR count). The third kappa shape index (κ3) is 3.62. The molecule has 0 amide bonds. The molecular weight excluding hydrogens is 285 g/mol. The van der Waals surface area contributed by atoms with Gasteiger partial charge in [-0.1, -0.05) is 0 Å². The second-order valence-corrected chi connectivity index (χ2v) is 5.07. The van der Waals surface area contributed by atoms with Crippen molar-refractivity contribution < 1.29 is 22.7 Å². The van der Waals surface area contributed by atoms with Crippen molar-refractivity contribution in [1.29, 1.82) is 0 Å². The largest absolute Gasteiger partial charge is 0.416 e. The van der Waals surface area contributed by atoms with Crippen LogP contribution in [-0.4, -0.2) is 31.4 Å². The van der Waals surface area contributed by atoms with E-state index in [1.165, 1.54) is 12.1 Å². The lowest BCUT2D eigenvalue weighted by atomic mass is 10.1. The maximum atomic E-state index is 12.7. The van der Waals surface area contributed by atoms with E-state index in [2.05, 4.69) is 4.99 Å². The van der Waals surface area contributed by atoms with Crippen LogP contribution in [0.4, 0.5) is 24.5 Å². The molecule has 1 aromatic carbocycles. The first-order valence-electron chi connectivity index (χ1n) is 6.50. The lowest BCUT2D eigenvalue weighted by Crippen LogP contribution is -2.45. The summed E-state index contributed by atoms with van der Waals surface area (Å²) in [7, 11) is 0. The number of nitrogens with zero attached hydrogens (tertiary/aromatic N) is 2. The second-order valence-electron chi connectivity index (χ2n) is 5.07. The number of rotatable bonds is 2. The van der Waals surface area contributed by atoms with Crippen molar-refractivity contribution in [3.05, 3.63) is 23.8 Å². The van der Waals surface area contributed by atoms with Crippen molar-refractivity contribution in [2.24, 2.45) is 4.99 Å². The molecule has 1 aliphatic heterocycles. The number of anilines is 1. The highest BCUT2D eigenvalue weighted by atomic mass is 19.4. The van der Waals surface area contributed by atoms with Crippen LogP contribution in [0.1, 0.15) is 19.4 Å². The van der Waals surface area contributed by atoms with Crippen molar-refractivity contribution in [3.8, 4) is 0 Å². The molecule has 114 valence electrons. The molecule has 2 atom stereocenters. The number of carbonyl (C=O) groups excluding carboxylic acids is 1. The first-order chi connectivity index (χ1) is 9.81. The summed E-state index contributed by atoms with van der Waals surface area (Å²) < 4.78 is 43.8. The van der Waals surface area contributed by atoms with E-state index in [0.29, 0.717) is 18.8 Å². The lowest BCUT2D eigenvalue weighted by molar-refractivity contribution is -0.137. The van der Waals surface area contributed by atoms with Gasteiger partial charge < -0.3 is 9.64 Å². The number of alkyl halides is 3. The Bertz CT molecular complexity index is 558. The maximum Gasteiger partial charge on any atom is 0.416 e. The fourth-order valence-corrected chi connectivity index (χ4v) is 2.48. The number of hydrogen-bond acceptors (Lipinski definition) is 4. The first-order valence-corrected chi connectivity index (χ1v) is 6.50. The molecule has 0 saturated carbocycles. The van der Waals surface area contributed by atoms with Gasteiger partial charge in [-0.25, -0.2) is 4.79 Å². The van der Waals surface area contributed by atoms with E-state index in [4.69, 9.17) is 4.74 Å². The topological polar surface area (TPSA) is 41.9 Å². The minimum absolute atomic E-state index is 0.0267. The van der Waals surface area contributed by atoms with Crippen LogP contribution in [0.15, 0.2) is 23.2 Å². The molecule has 1 saturated heterocycles. The number of halogens is 3. The molecule has 0 radical (unpaired) electrons. The average Bonchev–Trinajstić information content (AvgIpc) is 2.36. The molecule has 21 heavy (non-hydrogen) atoms. The molecule has 0 spiro atoms. The van der Waals surface area contributed by atoms with Crippen LogP contribution < -0.4 is 4.90 Å². The van der Waals surface area contributed by atoms with E-state index in [9.17, 15) is 18.0 Å². The summed E-state index contributed by atoms with van der Waals surface area (Å²) in [6.45, 7) is 4.82. The zero-order valence-corrected chi connectivity index (χ0v) is 11.6. The molecular formula is C14H15F3N2O2. The number of morpholine rings is 1. The van der Waals surface area contributed by atoms with Crippen LogP contribution in [0.25, 0.3) is 0 Å². The number of hydrogen-bond donors (Lipinski definition) is 0. The van der Waals surface area contributed by atoms with Crippen LogP contribution in [0.5, 0.6) is 0 Å². The second kappa shape index (κ2) is 5.87. The predicted molar refractivity (Wildman–Crippen MR) is 71.4 cm³/mol. The first kappa shape index (κ1) is 15.5. The van der Waals surface area contributed by atoms with Gasteiger partial charge in [0.1, 0.15) is 5.69 Å². The van der Waals surface area contributed by atoms with Gasteiger partial charge in [-0.15, -0.1) is 0 Å². The molecule has 0 N–H and O–H groups in total. The zero-order valence-electron chi connectivity index (χ0n) is 11.6. The molecule has 0 aliphatic carbocycles. The highest BCUT2D eigenvalue weighted by molar-refractivity contribution is 5.71. The third-order valence-corrected chi connectivity index (χ3v) is 3.23. The van der Waals surface area contributed by atoms with Crippen molar-refractivity contribution in [2.75, 3.05) is 18.0 Å². The molecule has 4 nitrogen and oxygen atoms in total. The fourth-order valence-electron chi connectivity index (χ4n) is 2.48.